The Morgan fingerprint density at radius 1 is 0.848 bits per heavy atom. The predicted octanol–water partition coefficient (Wildman–Crippen LogP) is 6.74. The average molecular weight is 617 g/mol. The standard InChI is InChI=1S/C38H44N6O2/c1-26-34(8-7-9-35(26)41-38(46)29-10-14-32(15-11-29)43-20-5-4-6-21-43)30-24-36(27(2)42(3)25-30)40-31-12-16-33(17-13-31)44-22-18-28(19-23-44)37(39)45/h7-17,24-25,28,40H,2,4-6,18-23H2,1,3H3,(H2,39,45)(H,41,46). The summed E-state index contributed by atoms with van der Waals surface area (Å²) in [4.78, 5) is 31.5. The Morgan fingerprint density at radius 3 is 2.13 bits per heavy atom. The molecule has 3 aliphatic heterocycles. The molecule has 8 nitrogen and oxygen atoms in total. The zero-order valence-electron chi connectivity index (χ0n) is 26.9. The first-order valence-corrected chi connectivity index (χ1v) is 16.3. The minimum atomic E-state index is -0.195. The number of amides is 2. The van der Waals surface area contributed by atoms with Crippen molar-refractivity contribution in [2.45, 2.75) is 39.0 Å². The predicted molar refractivity (Wildman–Crippen MR) is 189 cm³/mol. The highest BCUT2D eigenvalue weighted by molar-refractivity contribution is 6.05. The molecular formula is C38H44N6O2. The number of nitrogens with two attached hydrogens (primary N) is 1. The molecule has 0 bridgehead atoms. The lowest BCUT2D eigenvalue weighted by Gasteiger charge is -2.32. The third-order valence-electron chi connectivity index (χ3n) is 9.52. The second-order valence-corrected chi connectivity index (χ2v) is 12.6. The summed E-state index contributed by atoms with van der Waals surface area (Å²) in [5, 5.41) is 6.70. The number of piperidine rings is 2. The molecule has 0 saturated carbocycles. The summed E-state index contributed by atoms with van der Waals surface area (Å²) in [5.74, 6) is -0.339. The number of allylic oxidation sites excluding steroid dienone is 2. The number of benzene rings is 3. The first-order valence-electron chi connectivity index (χ1n) is 16.3. The van der Waals surface area contributed by atoms with Gasteiger partial charge in [-0.05, 0) is 111 Å². The number of rotatable bonds is 8. The largest absolute Gasteiger partial charge is 0.372 e. The van der Waals surface area contributed by atoms with Crippen molar-refractivity contribution in [1.29, 1.82) is 0 Å². The fourth-order valence-corrected chi connectivity index (χ4v) is 6.60. The van der Waals surface area contributed by atoms with Crippen LogP contribution in [0.5, 0.6) is 0 Å². The van der Waals surface area contributed by atoms with Crippen molar-refractivity contribution in [1.82, 2.24) is 4.90 Å². The van der Waals surface area contributed by atoms with E-state index >= 15 is 0 Å². The van der Waals surface area contributed by atoms with E-state index in [1.165, 1.54) is 24.9 Å². The lowest BCUT2D eigenvalue weighted by atomic mass is 9.96. The monoisotopic (exact) mass is 616 g/mol. The van der Waals surface area contributed by atoms with Crippen LogP contribution < -0.4 is 26.2 Å². The number of primary amides is 1. The van der Waals surface area contributed by atoms with Crippen LogP contribution >= 0.6 is 0 Å². The lowest BCUT2D eigenvalue weighted by Crippen LogP contribution is -2.38. The Morgan fingerprint density at radius 2 is 1.48 bits per heavy atom. The van der Waals surface area contributed by atoms with E-state index in [-0.39, 0.29) is 17.7 Å². The number of anilines is 4. The summed E-state index contributed by atoms with van der Waals surface area (Å²) in [6, 6.07) is 22.3. The van der Waals surface area contributed by atoms with E-state index in [9.17, 15) is 9.59 Å². The van der Waals surface area contributed by atoms with Gasteiger partial charge in [0.1, 0.15) is 0 Å². The van der Waals surface area contributed by atoms with E-state index in [0.717, 1.165) is 84.2 Å². The molecule has 8 heteroatoms. The Hall–Kier alpha value is -4.98. The summed E-state index contributed by atoms with van der Waals surface area (Å²) in [6.07, 6.45) is 9.50. The first-order chi connectivity index (χ1) is 22.3. The molecule has 2 saturated heterocycles. The fourth-order valence-electron chi connectivity index (χ4n) is 6.60. The number of hydrogen-bond acceptors (Lipinski definition) is 6. The van der Waals surface area contributed by atoms with Crippen molar-refractivity contribution in [3.8, 4) is 0 Å². The highest BCUT2D eigenvalue weighted by atomic mass is 16.2. The van der Waals surface area contributed by atoms with E-state index in [1.54, 1.807) is 0 Å². The number of carbonyl (C=O) groups excluding carboxylic acids is 2. The summed E-state index contributed by atoms with van der Waals surface area (Å²) in [7, 11) is 1.99. The average Bonchev–Trinajstić information content (AvgIpc) is 3.08. The van der Waals surface area contributed by atoms with Crippen LogP contribution in [0.4, 0.5) is 22.7 Å². The van der Waals surface area contributed by atoms with Crippen LogP contribution in [0.1, 0.15) is 53.6 Å². The molecular weight excluding hydrogens is 572 g/mol. The molecule has 6 rings (SSSR count). The molecule has 2 amide bonds. The highest BCUT2D eigenvalue weighted by Crippen LogP contribution is 2.33. The smallest absolute Gasteiger partial charge is 0.255 e. The van der Waals surface area contributed by atoms with Gasteiger partial charge in [-0.15, -0.1) is 0 Å². The maximum Gasteiger partial charge on any atom is 0.255 e. The van der Waals surface area contributed by atoms with E-state index in [0.29, 0.717) is 5.56 Å². The summed E-state index contributed by atoms with van der Waals surface area (Å²) in [5.41, 5.74) is 15.0. The number of nitrogens with zero attached hydrogens (tertiary/aromatic N) is 3. The maximum absolute atomic E-state index is 13.3. The molecule has 2 fully saturated rings. The molecule has 0 spiro atoms. The van der Waals surface area contributed by atoms with Gasteiger partial charge in [0.15, 0.2) is 0 Å². The zero-order chi connectivity index (χ0) is 32.2. The third kappa shape index (κ3) is 6.81. The van der Waals surface area contributed by atoms with Gasteiger partial charge in [0.25, 0.3) is 5.91 Å². The SMILES string of the molecule is C=C1C(Nc2ccc(N3CCC(C(N)=O)CC3)cc2)=CC(c2cccc(NC(=O)c3ccc(N4CCCCC4)cc3)c2C)=CN1C. The van der Waals surface area contributed by atoms with Gasteiger partial charge in [-0.25, -0.2) is 0 Å². The van der Waals surface area contributed by atoms with E-state index in [2.05, 4.69) is 81.8 Å². The van der Waals surface area contributed by atoms with Crippen LogP contribution in [-0.2, 0) is 4.79 Å². The maximum atomic E-state index is 13.3. The Balaban J connectivity index is 1.14. The minimum absolute atomic E-state index is 0.0251. The van der Waals surface area contributed by atoms with Gasteiger partial charge in [-0.1, -0.05) is 18.7 Å². The molecule has 0 atom stereocenters. The summed E-state index contributed by atoms with van der Waals surface area (Å²) in [6.45, 7) is 10.2. The van der Waals surface area contributed by atoms with Gasteiger partial charge >= 0.3 is 0 Å². The molecule has 3 aromatic carbocycles. The Labute approximate surface area is 272 Å². The third-order valence-corrected chi connectivity index (χ3v) is 9.52. The van der Waals surface area contributed by atoms with Crippen LogP contribution in [0.3, 0.4) is 0 Å². The molecule has 3 aliphatic rings. The van der Waals surface area contributed by atoms with Crippen LogP contribution in [0.25, 0.3) is 5.57 Å². The molecule has 0 radical (unpaired) electrons. The molecule has 46 heavy (non-hydrogen) atoms. The molecule has 238 valence electrons. The van der Waals surface area contributed by atoms with Crippen molar-refractivity contribution in [3.63, 3.8) is 0 Å². The highest BCUT2D eigenvalue weighted by Gasteiger charge is 2.23. The first kappa shape index (κ1) is 31.0. The van der Waals surface area contributed by atoms with Crippen molar-refractivity contribution >= 4 is 40.1 Å². The molecule has 3 aromatic rings. The van der Waals surface area contributed by atoms with Crippen molar-refractivity contribution in [3.05, 3.63) is 114 Å². The van der Waals surface area contributed by atoms with Gasteiger partial charge in [0.2, 0.25) is 5.91 Å². The molecule has 0 aromatic heterocycles. The van der Waals surface area contributed by atoms with Crippen molar-refractivity contribution < 1.29 is 9.59 Å². The van der Waals surface area contributed by atoms with Gasteiger partial charge in [0.05, 0.1) is 11.4 Å². The number of nitrogens with one attached hydrogen (secondary N) is 2. The summed E-state index contributed by atoms with van der Waals surface area (Å²) >= 11 is 0. The summed E-state index contributed by atoms with van der Waals surface area (Å²) < 4.78 is 0. The number of hydrogen-bond donors (Lipinski definition) is 3. The fraction of sp³-hybridized carbons (Fsp3) is 0.316. The molecule has 0 aliphatic carbocycles. The quantitative estimate of drug-likeness (QED) is 0.260. The lowest BCUT2D eigenvalue weighted by molar-refractivity contribution is -0.122. The molecule has 0 unspecified atom stereocenters. The van der Waals surface area contributed by atoms with E-state index < -0.39 is 0 Å². The zero-order valence-corrected chi connectivity index (χ0v) is 26.9. The molecule has 3 heterocycles. The second kappa shape index (κ2) is 13.6. The van der Waals surface area contributed by atoms with Gasteiger partial charge in [-0.2, -0.15) is 0 Å². The van der Waals surface area contributed by atoms with Crippen LogP contribution in [0.15, 0.2) is 97.0 Å². The van der Waals surface area contributed by atoms with Crippen LogP contribution in [0, 0.1) is 12.8 Å². The van der Waals surface area contributed by atoms with Crippen molar-refractivity contribution in [2.24, 2.45) is 11.7 Å². The van der Waals surface area contributed by atoms with Crippen molar-refractivity contribution in [2.75, 3.05) is 53.7 Å². The molecule has 4 N–H and O–H groups in total. The van der Waals surface area contributed by atoms with Gasteiger partial charge < -0.3 is 31.1 Å². The van der Waals surface area contributed by atoms with Gasteiger partial charge in [0, 0.05) is 79.2 Å². The van der Waals surface area contributed by atoms with E-state index in [4.69, 9.17) is 5.73 Å². The normalized spacial score (nSPS) is 17.3. The second-order valence-electron chi connectivity index (χ2n) is 12.6. The Kier molecular flexibility index (Phi) is 9.15. The topological polar surface area (TPSA) is 93.9 Å². The van der Waals surface area contributed by atoms with Crippen LogP contribution in [-0.4, -0.2) is 49.9 Å². The number of likely N-dealkylation sites (N-methyl/N-ethyl adjacent to an activating group) is 1. The minimum Gasteiger partial charge on any atom is -0.372 e. The van der Waals surface area contributed by atoms with Gasteiger partial charge in [-0.3, -0.25) is 9.59 Å². The Bertz CT molecular complexity index is 1660. The number of carbonyl (C=O) groups is 2. The van der Waals surface area contributed by atoms with E-state index in [1.807, 2.05) is 43.1 Å². The van der Waals surface area contributed by atoms with Crippen LogP contribution in [0.2, 0.25) is 0 Å².